The Bertz CT molecular complexity index is 938. The molecule has 0 saturated carbocycles. The number of amides is 1. The molecule has 1 saturated heterocycles. The number of carbonyl (C=O) groups excluding carboxylic acids is 1. The van der Waals surface area contributed by atoms with Gasteiger partial charge in [0.15, 0.2) is 0 Å². The van der Waals surface area contributed by atoms with E-state index < -0.39 is 18.3 Å². The zero-order valence-electron chi connectivity index (χ0n) is 22.6. The molecule has 6 heteroatoms. The average Bonchev–Trinajstić information content (AvgIpc) is 3.20. The number of hydrogen-bond donors (Lipinski definition) is 0. The van der Waals surface area contributed by atoms with Crippen LogP contribution >= 0.6 is 0 Å². The van der Waals surface area contributed by atoms with Gasteiger partial charge in [-0.3, -0.25) is 4.57 Å². The van der Waals surface area contributed by atoms with Gasteiger partial charge >= 0.3 is 13.1 Å². The molecule has 1 aromatic heterocycles. The zero-order valence-corrected chi connectivity index (χ0v) is 22.6. The molecule has 3 rings (SSSR count). The van der Waals surface area contributed by atoms with Crippen LogP contribution in [0.1, 0.15) is 98.5 Å². The summed E-state index contributed by atoms with van der Waals surface area (Å²) in [6.07, 6.45) is 9.20. The summed E-state index contributed by atoms with van der Waals surface area (Å²) in [4.78, 5) is 16.2. The maximum absolute atomic E-state index is 14.2. The van der Waals surface area contributed by atoms with Crippen LogP contribution in [-0.2, 0) is 9.31 Å². The number of rotatable bonds is 11. The van der Waals surface area contributed by atoms with E-state index in [-0.39, 0.29) is 6.03 Å². The van der Waals surface area contributed by atoms with Gasteiger partial charge in [-0.25, -0.2) is 4.79 Å². The molecular formula is C28H45BN2O3. The molecule has 0 unspecified atom stereocenters. The van der Waals surface area contributed by atoms with Crippen molar-refractivity contribution in [2.45, 2.75) is 111 Å². The fourth-order valence-electron chi connectivity index (χ4n) is 4.77. The number of aromatic nitrogens is 1. The number of benzene rings is 1. The standard InChI is InChI=1S/C28H45BN2O3/c1-8-10-12-16-20-30(21-17-13-11-9-2)26(32)31-24-19-15-14-18-23(24)22(3)25(31)29-33-27(4,5)28(6,7)34-29/h14-15,18-19H,8-13,16-17,20-21H2,1-7H3. The Morgan fingerprint density at radius 3 is 1.94 bits per heavy atom. The topological polar surface area (TPSA) is 43.7 Å². The normalized spacial score (nSPS) is 17.0. The van der Waals surface area contributed by atoms with Crippen molar-refractivity contribution in [1.29, 1.82) is 0 Å². The summed E-state index contributed by atoms with van der Waals surface area (Å²) in [5, 5.41) is 1.08. The van der Waals surface area contributed by atoms with Crippen LogP contribution in [0.25, 0.3) is 10.9 Å². The number of nitrogens with zero attached hydrogens (tertiary/aromatic N) is 2. The van der Waals surface area contributed by atoms with Gasteiger partial charge in [0.25, 0.3) is 0 Å². The fourth-order valence-corrected chi connectivity index (χ4v) is 4.77. The number of unbranched alkanes of at least 4 members (excludes halogenated alkanes) is 6. The second-order valence-electron chi connectivity index (χ2n) is 10.8. The predicted molar refractivity (Wildman–Crippen MR) is 143 cm³/mol. The summed E-state index contributed by atoms with van der Waals surface area (Å²) in [5.41, 5.74) is 1.89. The van der Waals surface area contributed by atoms with Crippen molar-refractivity contribution in [1.82, 2.24) is 9.47 Å². The first-order valence-electron chi connectivity index (χ1n) is 13.4. The maximum Gasteiger partial charge on any atom is 0.513 e. The summed E-state index contributed by atoms with van der Waals surface area (Å²) in [6.45, 7) is 16.3. The van der Waals surface area contributed by atoms with E-state index in [0.717, 1.165) is 60.8 Å². The lowest BCUT2D eigenvalue weighted by molar-refractivity contribution is 0.00578. The minimum Gasteiger partial charge on any atom is -0.398 e. The van der Waals surface area contributed by atoms with Gasteiger partial charge in [-0.2, -0.15) is 0 Å². The van der Waals surface area contributed by atoms with Crippen LogP contribution in [0.5, 0.6) is 0 Å². The summed E-state index contributed by atoms with van der Waals surface area (Å²) < 4.78 is 14.8. The van der Waals surface area contributed by atoms with Crippen molar-refractivity contribution in [3.05, 3.63) is 29.8 Å². The average molecular weight is 468 g/mol. The van der Waals surface area contributed by atoms with Crippen molar-refractivity contribution in [3.63, 3.8) is 0 Å². The van der Waals surface area contributed by atoms with Crippen LogP contribution in [-0.4, -0.2) is 46.9 Å². The second kappa shape index (κ2) is 11.3. The number of para-hydroxylation sites is 1. The van der Waals surface area contributed by atoms with Crippen LogP contribution in [0.15, 0.2) is 24.3 Å². The van der Waals surface area contributed by atoms with Gasteiger partial charge in [-0.15, -0.1) is 0 Å². The van der Waals surface area contributed by atoms with Crippen molar-refractivity contribution < 1.29 is 14.1 Å². The van der Waals surface area contributed by atoms with Gasteiger partial charge in [0.2, 0.25) is 0 Å². The lowest BCUT2D eigenvalue weighted by Crippen LogP contribution is -2.47. The van der Waals surface area contributed by atoms with Crippen LogP contribution in [0, 0.1) is 6.92 Å². The number of aryl methyl sites for hydroxylation is 1. The molecule has 1 aliphatic rings. The third kappa shape index (κ3) is 5.54. The van der Waals surface area contributed by atoms with Crippen molar-refractivity contribution in [3.8, 4) is 0 Å². The monoisotopic (exact) mass is 468 g/mol. The Balaban J connectivity index is 1.99. The predicted octanol–water partition coefficient (Wildman–Crippen LogP) is 6.68. The number of carbonyl (C=O) groups is 1. The fraction of sp³-hybridized carbons (Fsp3) is 0.679. The Kier molecular flexibility index (Phi) is 8.91. The van der Waals surface area contributed by atoms with Gasteiger partial charge in [0, 0.05) is 18.5 Å². The molecule has 1 amide bonds. The molecule has 1 aliphatic heterocycles. The van der Waals surface area contributed by atoms with Crippen molar-refractivity contribution >= 4 is 29.6 Å². The molecular weight excluding hydrogens is 423 g/mol. The van der Waals surface area contributed by atoms with Crippen LogP contribution in [0.4, 0.5) is 4.79 Å². The smallest absolute Gasteiger partial charge is 0.398 e. The van der Waals surface area contributed by atoms with Gasteiger partial charge < -0.3 is 14.2 Å². The van der Waals surface area contributed by atoms with E-state index in [9.17, 15) is 4.79 Å². The highest BCUT2D eigenvalue weighted by Gasteiger charge is 2.53. The third-order valence-electron chi connectivity index (χ3n) is 7.68. The van der Waals surface area contributed by atoms with Crippen LogP contribution in [0.3, 0.4) is 0 Å². The lowest BCUT2D eigenvalue weighted by Gasteiger charge is -2.32. The highest BCUT2D eigenvalue weighted by molar-refractivity contribution is 6.63. The molecule has 0 atom stereocenters. The largest absolute Gasteiger partial charge is 0.513 e. The van der Waals surface area contributed by atoms with E-state index in [1.54, 1.807) is 0 Å². The first-order valence-corrected chi connectivity index (χ1v) is 13.4. The van der Waals surface area contributed by atoms with Crippen molar-refractivity contribution in [2.24, 2.45) is 0 Å². The highest BCUT2D eigenvalue weighted by atomic mass is 16.7. The minimum absolute atomic E-state index is 0.0435. The maximum atomic E-state index is 14.2. The Morgan fingerprint density at radius 2 is 1.41 bits per heavy atom. The highest BCUT2D eigenvalue weighted by Crippen LogP contribution is 2.37. The molecule has 34 heavy (non-hydrogen) atoms. The van der Waals surface area contributed by atoms with E-state index in [2.05, 4.69) is 59.4 Å². The van der Waals surface area contributed by atoms with E-state index in [1.807, 2.05) is 22.8 Å². The molecule has 0 bridgehead atoms. The van der Waals surface area contributed by atoms with E-state index in [4.69, 9.17) is 9.31 Å². The van der Waals surface area contributed by atoms with E-state index in [0.29, 0.717) is 0 Å². The molecule has 2 heterocycles. The van der Waals surface area contributed by atoms with Gasteiger partial charge in [0.05, 0.1) is 22.3 Å². The Morgan fingerprint density at radius 1 is 0.882 bits per heavy atom. The Hall–Kier alpha value is -1.79. The van der Waals surface area contributed by atoms with Gasteiger partial charge in [0.1, 0.15) is 0 Å². The molecule has 0 aliphatic carbocycles. The molecule has 0 radical (unpaired) electrons. The molecule has 5 nitrogen and oxygen atoms in total. The quantitative estimate of drug-likeness (QED) is 0.273. The molecule has 0 spiro atoms. The number of hydrogen-bond acceptors (Lipinski definition) is 3. The van der Waals surface area contributed by atoms with E-state index >= 15 is 0 Å². The SMILES string of the molecule is CCCCCCN(CCCCCC)C(=O)n1c(B2OC(C)(C)C(C)(C)O2)c(C)c2ccccc21. The van der Waals surface area contributed by atoms with Gasteiger partial charge in [-0.05, 0) is 59.1 Å². The minimum atomic E-state index is -0.580. The van der Waals surface area contributed by atoms with E-state index in [1.165, 1.54) is 25.7 Å². The molecule has 1 aromatic carbocycles. The summed E-state index contributed by atoms with van der Waals surface area (Å²) in [5.74, 6) is 0. The number of fused-ring (bicyclic) bond motifs is 1. The Labute approximate surface area is 207 Å². The second-order valence-corrected chi connectivity index (χ2v) is 10.8. The lowest BCUT2D eigenvalue weighted by atomic mass is 9.81. The third-order valence-corrected chi connectivity index (χ3v) is 7.68. The zero-order chi connectivity index (χ0) is 24.9. The summed E-state index contributed by atoms with van der Waals surface area (Å²) >= 11 is 0. The molecule has 188 valence electrons. The summed E-state index contributed by atoms with van der Waals surface area (Å²) in [7, 11) is -0.580. The molecule has 0 N–H and O–H groups in total. The molecule has 1 fully saturated rings. The summed E-state index contributed by atoms with van der Waals surface area (Å²) in [6, 6.07) is 8.22. The first kappa shape index (κ1) is 26.8. The van der Waals surface area contributed by atoms with Gasteiger partial charge in [-0.1, -0.05) is 70.6 Å². The van der Waals surface area contributed by atoms with Crippen LogP contribution in [0.2, 0.25) is 0 Å². The van der Waals surface area contributed by atoms with Crippen LogP contribution < -0.4 is 5.59 Å². The molecule has 2 aromatic rings. The van der Waals surface area contributed by atoms with Crippen molar-refractivity contribution in [2.75, 3.05) is 13.1 Å². The first-order chi connectivity index (χ1) is 16.1.